The van der Waals surface area contributed by atoms with Gasteiger partial charge in [-0.15, -0.1) is 0 Å². The Balaban J connectivity index is 1.48. The molecule has 0 saturated carbocycles. The summed E-state index contributed by atoms with van der Waals surface area (Å²) in [6.45, 7) is 0.800. The van der Waals surface area contributed by atoms with Crippen LogP contribution in [0.25, 0.3) is 10.9 Å². The Kier molecular flexibility index (Phi) is 6.40. The van der Waals surface area contributed by atoms with Crippen LogP contribution in [0.5, 0.6) is 5.75 Å². The zero-order valence-electron chi connectivity index (χ0n) is 17.4. The van der Waals surface area contributed by atoms with E-state index in [1.807, 2.05) is 24.3 Å². The van der Waals surface area contributed by atoms with E-state index in [1.165, 1.54) is 12.1 Å². The Labute approximate surface area is 186 Å². The number of ether oxygens (including phenoxy) is 2. The quantitative estimate of drug-likeness (QED) is 0.415. The molecule has 32 heavy (non-hydrogen) atoms. The SMILES string of the molecule is O=C(NO)C1(CS(=O)(=O)c2ccc(COc3ccnc4ccccc34)cc2)CCOCC1. The Morgan fingerprint density at radius 1 is 1.09 bits per heavy atom. The Morgan fingerprint density at radius 3 is 2.53 bits per heavy atom. The number of para-hydroxylation sites is 1. The molecule has 1 aromatic heterocycles. The normalized spacial score (nSPS) is 15.9. The Hall–Kier alpha value is -3.01. The molecule has 0 atom stereocenters. The van der Waals surface area contributed by atoms with Crippen molar-refractivity contribution in [1.29, 1.82) is 0 Å². The van der Waals surface area contributed by atoms with Crippen molar-refractivity contribution in [3.8, 4) is 5.75 Å². The number of nitrogens with one attached hydrogen (secondary N) is 1. The average molecular weight is 457 g/mol. The van der Waals surface area contributed by atoms with E-state index in [0.717, 1.165) is 16.5 Å². The van der Waals surface area contributed by atoms with Gasteiger partial charge in [0.25, 0.3) is 5.91 Å². The van der Waals surface area contributed by atoms with Crippen molar-refractivity contribution in [2.75, 3.05) is 19.0 Å². The number of carbonyl (C=O) groups is 1. The molecule has 0 aliphatic carbocycles. The average Bonchev–Trinajstić information content (AvgIpc) is 2.82. The molecule has 2 heterocycles. The van der Waals surface area contributed by atoms with Gasteiger partial charge in [-0.3, -0.25) is 15.0 Å². The minimum atomic E-state index is -3.76. The molecule has 1 amide bonds. The molecular formula is C23H24N2O6S. The molecule has 3 aromatic rings. The first-order valence-corrected chi connectivity index (χ1v) is 11.9. The number of hydrogen-bond donors (Lipinski definition) is 2. The third-order valence-corrected chi connectivity index (χ3v) is 7.71. The van der Waals surface area contributed by atoms with Crippen molar-refractivity contribution >= 4 is 26.6 Å². The highest BCUT2D eigenvalue weighted by Gasteiger charge is 2.44. The number of nitrogens with zero attached hydrogens (tertiary/aromatic N) is 1. The molecule has 9 heteroatoms. The smallest absolute Gasteiger partial charge is 0.250 e. The summed E-state index contributed by atoms with van der Waals surface area (Å²) in [5.74, 6) is -0.392. The number of sulfone groups is 1. The van der Waals surface area contributed by atoms with Gasteiger partial charge in [-0.2, -0.15) is 0 Å². The van der Waals surface area contributed by atoms with Crippen LogP contribution in [-0.2, 0) is 26.0 Å². The van der Waals surface area contributed by atoms with E-state index >= 15 is 0 Å². The number of carbonyl (C=O) groups excluding carboxylic acids is 1. The number of hydrogen-bond acceptors (Lipinski definition) is 7. The van der Waals surface area contributed by atoms with Crippen molar-refractivity contribution in [2.24, 2.45) is 5.41 Å². The van der Waals surface area contributed by atoms with Crippen LogP contribution in [-0.4, -0.2) is 43.5 Å². The number of rotatable bonds is 7. The van der Waals surface area contributed by atoms with E-state index in [9.17, 15) is 13.2 Å². The standard InChI is InChI=1S/C23H24N2O6S/c26-22(25-27)23(10-13-30-14-11-23)16-32(28,29)18-7-5-17(6-8-18)15-31-21-9-12-24-20-4-2-1-3-19(20)21/h1-9,12,27H,10-11,13-16H2,(H,25,26). The predicted molar refractivity (Wildman–Crippen MR) is 117 cm³/mol. The lowest BCUT2D eigenvalue weighted by molar-refractivity contribution is -0.143. The van der Waals surface area contributed by atoms with E-state index in [4.69, 9.17) is 14.7 Å². The summed E-state index contributed by atoms with van der Waals surface area (Å²) in [6, 6.07) is 15.9. The van der Waals surface area contributed by atoms with Crippen LogP contribution in [0.15, 0.2) is 65.7 Å². The highest BCUT2D eigenvalue weighted by Crippen LogP contribution is 2.34. The zero-order valence-corrected chi connectivity index (χ0v) is 18.2. The van der Waals surface area contributed by atoms with Gasteiger partial charge in [0, 0.05) is 24.8 Å². The monoisotopic (exact) mass is 456 g/mol. The number of amides is 1. The molecule has 1 aliphatic rings. The summed E-state index contributed by atoms with van der Waals surface area (Å²) in [4.78, 5) is 16.7. The van der Waals surface area contributed by atoms with E-state index in [1.54, 1.807) is 29.9 Å². The van der Waals surface area contributed by atoms with Crippen molar-refractivity contribution in [3.63, 3.8) is 0 Å². The van der Waals surface area contributed by atoms with Gasteiger partial charge in [-0.25, -0.2) is 13.9 Å². The zero-order chi connectivity index (χ0) is 22.6. The van der Waals surface area contributed by atoms with Crippen molar-refractivity contribution in [2.45, 2.75) is 24.3 Å². The second kappa shape index (κ2) is 9.23. The van der Waals surface area contributed by atoms with Crippen LogP contribution in [0.4, 0.5) is 0 Å². The molecular weight excluding hydrogens is 432 g/mol. The van der Waals surface area contributed by atoms with Crippen LogP contribution in [0.1, 0.15) is 18.4 Å². The van der Waals surface area contributed by atoms with Crippen molar-refractivity contribution in [1.82, 2.24) is 10.5 Å². The predicted octanol–water partition coefficient (Wildman–Crippen LogP) is 2.89. The maximum Gasteiger partial charge on any atom is 0.250 e. The summed E-state index contributed by atoms with van der Waals surface area (Å²) >= 11 is 0. The summed E-state index contributed by atoms with van der Waals surface area (Å²) < 4.78 is 37.2. The minimum absolute atomic E-state index is 0.118. The molecule has 1 fully saturated rings. The van der Waals surface area contributed by atoms with Gasteiger partial charge in [0.15, 0.2) is 9.84 Å². The number of hydroxylamine groups is 1. The lowest BCUT2D eigenvalue weighted by Gasteiger charge is -2.34. The van der Waals surface area contributed by atoms with E-state index in [2.05, 4.69) is 4.98 Å². The molecule has 4 rings (SSSR count). The first-order valence-electron chi connectivity index (χ1n) is 10.2. The van der Waals surface area contributed by atoms with Crippen LogP contribution < -0.4 is 10.2 Å². The van der Waals surface area contributed by atoms with Gasteiger partial charge < -0.3 is 9.47 Å². The van der Waals surface area contributed by atoms with Crippen LogP contribution in [0, 0.1) is 5.41 Å². The van der Waals surface area contributed by atoms with E-state index < -0.39 is 26.9 Å². The molecule has 0 spiro atoms. The van der Waals surface area contributed by atoms with E-state index in [-0.39, 0.29) is 37.6 Å². The van der Waals surface area contributed by atoms with Crippen LogP contribution >= 0.6 is 0 Å². The lowest BCUT2D eigenvalue weighted by Crippen LogP contribution is -2.47. The van der Waals surface area contributed by atoms with Gasteiger partial charge in [0.2, 0.25) is 0 Å². The summed E-state index contributed by atoms with van der Waals surface area (Å²) in [5.41, 5.74) is 2.05. The van der Waals surface area contributed by atoms with Gasteiger partial charge in [-0.05, 0) is 48.7 Å². The largest absolute Gasteiger partial charge is 0.488 e. The topological polar surface area (TPSA) is 115 Å². The van der Waals surface area contributed by atoms with Crippen LogP contribution in [0.3, 0.4) is 0 Å². The first-order chi connectivity index (χ1) is 15.4. The number of fused-ring (bicyclic) bond motifs is 1. The fourth-order valence-electron chi connectivity index (χ4n) is 3.91. The Morgan fingerprint density at radius 2 is 1.81 bits per heavy atom. The molecule has 0 bridgehead atoms. The summed E-state index contributed by atoms with van der Waals surface area (Å²) in [7, 11) is -3.76. The summed E-state index contributed by atoms with van der Waals surface area (Å²) in [6.07, 6.45) is 2.14. The molecule has 8 nitrogen and oxygen atoms in total. The van der Waals surface area contributed by atoms with Gasteiger partial charge in [0.1, 0.15) is 12.4 Å². The van der Waals surface area contributed by atoms with Gasteiger partial charge in [-0.1, -0.05) is 24.3 Å². The van der Waals surface area contributed by atoms with Gasteiger partial charge >= 0.3 is 0 Å². The fraction of sp³-hybridized carbons (Fsp3) is 0.304. The number of pyridine rings is 1. The van der Waals surface area contributed by atoms with Crippen molar-refractivity contribution < 1.29 is 27.9 Å². The summed E-state index contributed by atoms with van der Waals surface area (Å²) in [5, 5.41) is 10.0. The third-order valence-electron chi connectivity index (χ3n) is 5.79. The van der Waals surface area contributed by atoms with Crippen molar-refractivity contribution in [3.05, 3.63) is 66.4 Å². The Bertz CT molecular complexity index is 1200. The molecule has 0 unspecified atom stereocenters. The molecule has 2 aromatic carbocycles. The maximum atomic E-state index is 13.0. The minimum Gasteiger partial charge on any atom is -0.488 e. The number of aromatic nitrogens is 1. The maximum absolute atomic E-state index is 13.0. The molecule has 0 radical (unpaired) electrons. The van der Waals surface area contributed by atoms with Crippen LogP contribution in [0.2, 0.25) is 0 Å². The molecule has 2 N–H and O–H groups in total. The molecule has 1 aliphatic heterocycles. The highest BCUT2D eigenvalue weighted by atomic mass is 32.2. The highest BCUT2D eigenvalue weighted by molar-refractivity contribution is 7.91. The third kappa shape index (κ3) is 4.59. The first kappa shape index (κ1) is 22.2. The molecule has 168 valence electrons. The lowest BCUT2D eigenvalue weighted by atomic mass is 9.81. The second-order valence-corrected chi connectivity index (χ2v) is 9.84. The molecule has 1 saturated heterocycles. The van der Waals surface area contributed by atoms with Gasteiger partial charge in [0.05, 0.1) is 21.6 Å². The fourth-order valence-corrected chi connectivity index (χ4v) is 5.78. The number of benzene rings is 2. The van der Waals surface area contributed by atoms with E-state index in [0.29, 0.717) is 5.75 Å². The second-order valence-electron chi connectivity index (χ2n) is 7.85.